The van der Waals surface area contributed by atoms with Crippen LogP contribution in [-0.2, 0) is 11.3 Å². The average molecular weight is 437 g/mol. The number of amides is 1. The molecule has 4 aromatic rings. The number of fused-ring (bicyclic) bond motifs is 3. The summed E-state index contributed by atoms with van der Waals surface area (Å²) < 4.78 is 2.08. The minimum absolute atomic E-state index is 0.114. The molecular weight excluding hydrogens is 414 g/mol. The molecule has 2 N–H and O–H groups in total. The average Bonchev–Trinajstić information content (AvgIpc) is 3.73. The number of carbonyl (C=O) groups is 2. The fraction of sp³-hybridized carbons (Fsp3) is 0.296. The third-order valence-corrected chi connectivity index (χ3v) is 8.32. The number of carbonyl (C=O) groups excluding carboxylic acids is 1. The lowest BCUT2D eigenvalue weighted by molar-refractivity contribution is -0.141. The van der Waals surface area contributed by atoms with Crippen molar-refractivity contribution in [1.82, 2.24) is 14.9 Å². The van der Waals surface area contributed by atoms with E-state index in [1.54, 1.807) is 0 Å². The summed E-state index contributed by atoms with van der Waals surface area (Å²) in [6.07, 6.45) is 5.13. The highest BCUT2D eigenvalue weighted by Gasteiger charge is 2.95. The molecule has 3 fully saturated rings. The zero-order valence-electron chi connectivity index (χ0n) is 18.0. The van der Waals surface area contributed by atoms with Crippen LogP contribution in [0, 0.1) is 10.8 Å². The van der Waals surface area contributed by atoms with Crippen LogP contribution in [0.3, 0.4) is 0 Å². The van der Waals surface area contributed by atoms with Crippen molar-refractivity contribution in [3.63, 3.8) is 0 Å². The highest BCUT2D eigenvalue weighted by molar-refractivity contribution is 6.06. The molecular formula is C27H23N3O3. The van der Waals surface area contributed by atoms with Crippen molar-refractivity contribution in [3.05, 3.63) is 78.1 Å². The fourth-order valence-corrected chi connectivity index (χ4v) is 6.12. The van der Waals surface area contributed by atoms with Crippen molar-refractivity contribution in [2.24, 2.45) is 10.8 Å². The molecule has 0 unspecified atom stereocenters. The maximum atomic E-state index is 13.5. The number of pyridine rings is 1. The number of nitrogens with one attached hydrogen (secondary N) is 1. The van der Waals surface area contributed by atoms with Crippen LogP contribution in [0.25, 0.3) is 21.8 Å². The van der Waals surface area contributed by atoms with Gasteiger partial charge in [-0.2, -0.15) is 0 Å². The van der Waals surface area contributed by atoms with Crippen molar-refractivity contribution in [1.29, 1.82) is 0 Å². The summed E-state index contributed by atoms with van der Waals surface area (Å²) >= 11 is 0. The molecule has 0 spiro atoms. The molecule has 2 aromatic carbocycles. The molecule has 6 nitrogen and oxygen atoms in total. The molecule has 3 aliphatic carbocycles. The Bertz CT molecular complexity index is 1490. The van der Waals surface area contributed by atoms with Gasteiger partial charge in [-0.05, 0) is 49.9 Å². The summed E-state index contributed by atoms with van der Waals surface area (Å²) in [5.74, 6) is -0.820. The van der Waals surface area contributed by atoms with Crippen LogP contribution in [0.5, 0.6) is 0 Å². The van der Waals surface area contributed by atoms with Gasteiger partial charge in [0.1, 0.15) is 0 Å². The number of benzene rings is 2. The summed E-state index contributed by atoms with van der Waals surface area (Å²) in [5.41, 5.74) is 2.26. The number of hydrogen-bond acceptors (Lipinski definition) is 3. The Balaban J connectivity index is 1.21. The van der Waals surface area contributed by atoms with E-state index in [-0.39, 0.29) is 16.9 Å². The van der Waals surface area contributed by atoms with E-state index in [4.69, 9.17) is 4.98 Å². The van der Waals surface area contributed by atoms with Gasteiger partial charge < -0.3 is 15.0 Å². The summed E-state index contributed by atoms with van der Waals surface area (Å²) in [5, 5.41) is 15.0. The van der Waals surface area contributed by atoms with Crippen LogP contribution in [-0.4, -0.2) is 32.1 Å². The quantitative estimate of drug-likeness (QED) is 0.469. The minimum Gasteiger partial charge on any atom is -0.481 e. The van der Waals surface area contributed by atoms with Gasteiger partial charge >= 0.3 is 5.97 Å². The van der Waals surface area contributed by atoms with Crippen LogP contribution < -0.4 is 5.32 Å². The lowest BCUT2D eigenvalue weighted by Gasteiger charge is -2.21. The molecule has 33 heavy (non-hydrogen) atoms. The second-order valence-corrected chi connectivity index (χ2v) is 10.0. The molecule has 6 heteroatoms. The second-order valence-electron chi connectivity index (χ2n) is 10.0. The monoisotopic (exact) mass is 437 g/mol. The number of rotatable bonds is 6. The van der Waals surface area contributed by atoms with Gasteiger partial charge in [0.15, 0.2) is 0 Å². The third kappa shape index (κ3) is 2.46. The number of carboxylic acid groups (broad SMARTS) is 1. The number of carboxylic acids is 1. The second kappa shape index (κ2) is 6.01. The SMILES string of the molecule is O=C(NC1(C23CC2(C(=O)O)C3)CC1)c1cccc2ccn(Cc3ccc4ccccc4n3)c12. The molecule has 0 bridgehead atoms. The predicted molar refractivity (Wildman–Crippen MR) is 124 cm³/mol. The number of nitrogens with zero attached hydrogens (tertiary/aromatic N) is 2. The van der Waals surface area contributed by atoms with E-state index >= 15 is 0 Å². The van der Waals surface area contributed by atoms with Crippen molar-refractivity contribution >= 4 is 33.7 Å². The maximum Gasteiger partial charge on any atom is 0.310 e. The first-order valence-corrected chi connectivity index (χ1v) is 11.5. The van der Waals surface area contributed by atoms with E-state index in [0.29, 0.717) is 24.9 Å². The van der Waals surface area contributed by atoms with Crippen LogP contribution in [0.15, 0.2) is 66.9 Å². The molecule has 3 saturated carbocycles. The molecule has 164 valence electrons. The molecule has 2 aromatic heterocycles. The molecule has 7 rings (SSSR count). The zero-order chi connectivity index (χ0) is 22.4. The lowest BCUT2D eigenvalue weighted by atomic mass is 10.0. The van der Waals surface area contributed by atoms with Gasteiger partial charge in [-0.3, -0.25) is 14.6 Å². The van der Waals surface area contributed by atoms with E-state index in [1.165, 1.54) is 0 Å². The molecule has 3 aliphatic rings. The maximum absolute atomic E-state index is 13.5. The van der Waals surface area contributed by atoms with Gasteiger partial charge in [-0.15, -0.1) is 0 Å². The van der Waals surface area contributed by atoms with Gasteiger partial charge in [0.2, 0.25) is 0 Å². The van der Waals surface area contributed by atoms with Crippen LogP contribution in [0.4, 0.5) is 0 Å². The summed E-state index contributed by atoms with van der Waals surface area (Å²) in [6.45, 7) is 0.565. The molecule has 0 aliphatic heterocycles. The predicted octanol–water partition coefficient (Wildman–Crippen LogP) is 4.37. The zero-order valence-corrected chi connectivity index (χ0v) is 18.0. The number of para-hydroxylation sites is 2. The Labute approximate surface area is 190 Å². The van der Waals surface area contributed by atoms with Gasteiger partial charge in [-0.25, -0.2) is 0 Å². The van der Waals surface area contributed by atoms with E-state index < -0.39 is 11.4 Å². The molecule has 0 radical (unpaired) electrons. The van der Waals surface area contributed by atoms with Crippen molar-refractivity contribution in [2.45, 2.75) is 37.8 Å². The number of hydrogen-bond donors (Lipinski definition) is 2. The third-order valence-electron chi connectivity index (χ3n) is 8.32. The van der Waals surface area contributed by atoms with Gasteiger partial charge in [0, 0.05) is 27.9 Å². The molecule has 1 amide bonds. The first-order valence-electron chi connectivity index (χ1n) is 11.5. The Kier molecular flexibility index (Phi) is 3.44. The Morgan fingerprint density at radius 2 is 1.76 bits per heavy atom. The van der Waals surface area contributed by atoms with Crippen molar-refractivity contribution in [3.8, 4) is 0 Å². The largest absolute Gasteiger partial charge is 0.481 e. The van der Waals surface area contributed by atoms with Gasteiger partial charge in [0.25, 0.3) is 5.91 Å². The van der Waals surface area contributed by atoms with Gasteiger partial charge in [0.05, 0.1) is 34.3 Å². The van der Waals surface area contributed by atoms with Gasteiger partial charge in [-0.1, -0.05) is 36.4 Å². The molecule has 0 saturated heterocycles. The topological polar surface area (TPSA) is 84.2 Å². The minimum atomic E-state index is -0.707. The van der Waals surface area contributed by atoms with Crippen molar-refractivity contribution in [2.75, 3.05) is 0 Å². The first kappa shape index (κ1) is 18.9. The highest BCUT2D eigenvalue weighted by Crippen LogP contribution is 2.93. The van der Waals surface area contributed by atoms with E-state index in [9.17, 15) is 14.7 Å². The number of aromatic nitrogens is 2. The fourth-order valence-electron chi connectivity index (χ4n) is 6.12. The highest BCUT2D eigenvalue weighted by atomic mass is 16.4. The Hall–Kier alpha value is -3.67. The van der Waals surface area contributed by atoms with E-state index in [2.05, 4.69) is 16.0 Å². The standard InChI is InChI=1S/C27H23N3O3/c31-23(29-27(11-12-27)26-15-25(26,16-26)24(32)33)20-6-3-5-18-10-13-30(22(18)20)14-19-9-8-17-4-1-2-7-21(17)28-19/h1-10,13H,11-12,14-16H2,(H,29,31)(H,32,33). The molecule has 0 atom stereocenters. The smallest absolute Gasteiger partial charge is 0.310 e. The summed E-state index contributed by atoms with van der Waals surface area (Å²) in [6, 6.07) is 20.0. The first-order chi connectivity index (χ1) is 16.0. The Morgan fingerprint density at radius 1 is 0.970 bits per heavy atom. The summed E-state index contributed by atoms with van der Waals surface area (Å²) in [7, 11) is 0. The summed E-state index contributed by atoms with van der Waals surface area (Å²) in [4.78, 5) is 29.9. The molecule has 2 heterocycles. The van der Waals surface area contributed by atoms with Crippen LogP contribution in [0.2, 0.25) is 0 Å². The normalized spacial score (nSPS) is 26.1. The van der Waals surface area contributed by atoms with E-state index in [1.807, 2.05) is 60.8 Å². The van der Waals surface area contributed by atoms with Crippen LogP contribution in [0.1, 0.15) is 41.7 Å². The lowest BCUT2D eigenvalue weighted by Crippen LogP contribution is -2.41. The number of aliphatic carboxylic acids is 1. The van der Waals surface area contributed by atoms with Crippen LogP contribution >= 0.6 is 0 Å². The Morgan fingerprint density at radius 3 is 2.52 bits per heavy atom. The van der Waals surface area contributed by atoms with Crippen molar-refractivity contribution < 1.29 is 14.7 Å². The van der Waals surface area contributed by atoms with E-state index in [0.717, 1.165) is 40.3 Å².